The van der Waals surface area contributed by atoms with E-state index in [0.717, 1.165) is 16.1 Å². The van der Waals surface area contributed by atoms with E-state index < -0.39 is 0 Å². The summed E-state index contributed by atoms with van der Waals surface area (Å²) in [4.78, 5) is 0. The maximum absolute atomic E-state index is 5.29. The number of likely N-dealkylation sites (N-methyl/N-ethyl adjacent to an activating group) is 1. The predicted molar refractivity (Wildman–Crippen MR) is 61.9 cm³/mol. The molecule has 2 rings (SSSR count). The van der Waals surface area contributed by atoms with Crippen LogP contribution in [0.25, 0.3) is 0 Å². The van der Waals surface area contributed by atoms with Crippen molar-refractivity contribution in [2.75, 3.05) is 20.6 Å². The van der Waals surface area contributed by atoms with Gasteiger partial charge in [0.15, 0.2) is 0 Å². The van der Waals surface area contributed by atoms with E-state index in [1.54, 1.807) is 0 Å². The van der Waals surface area contributed by atoms with Gasteiger partial charge in [-0.1, -0.05) is 30.3 Å². The van der Waals surface area contributed by atoms with Crippen LogP contribution in [0.5, 0.6) is 0 Å². The Morgan fingerprint density at radius 3 is 2.43 bits per heavy atom. The molecule has 1 aromatic carbocycles. The Kier molecular flexibility index (Phi) is 2.29. The number of nitrogens with zero attached hydrogens (tertiary/aromatic N) is 1. The van der Waals surface area contributed by atoms with Crippen LogP contribution in [0.2, 0.25) is 0 Å². The molecule has 0 aliphatic carbocycles. The van der Waals surface area contributed by atoms with Crippen molar-refractivity contribution in [1.29, 1.82) is 0 Å². The van der Waals surface area contributed by atoms with E-state index in [1.165, 1.54) is 5.56 Å². The van der Waals surface area contributed by atoms with Crippen LogP contribution in [0.4, 0.5) is 0 Å². The fourth-order valence-electron chi connectivity index (χ4n) is 1.92. The Hall–Kier alpha value is -0.930. The van der Waals surface area contributed by atoms with Gasteiger partial charge >= 0.3 is 0 Å². The largest absolute Gasteiger partial charge is 0.325 e. The molecule has 0 saturated carbocycles. The standard InChI is InChI=1S/C11H14N2S/c1-13(2)10(8-12-11(13)14)9-6-4-3-5-7-9/h3-7,10H,8H2,1-2H3/p+1. The molecule has 1 atom stereocenters. The van der Waals surface area contributed by atoms with Gasteiger partial charge < -0.3 is 5.32 Å². The first kappa shape index (κ1) is 9.62. The first-order chi connectivity index (χ1) is 6.62. The highest BCUT2D eigenvalue weighted by molar-refractivity contribution is 7.79. The molecule has 0 aromatic heterocycles. The minimum Gasteiger partial charge on any atom is -0.325 e. The van der Waals surface area contributed by atoms with Crippen molar-refractivity contribution in [3.63, 3.8) is 0 Å². The average Bonchev–Trinajstić information content (AvgIpc) is 2.44. The molecule has 3 heteroatoms. The van der Waals surface area contributed by atoms with Crippen molar-refractivity contribution in [2.24, 2.45) is 0 Å². The molecule has 1 fully saturated rings. The Morgan fingerprint density at radius 1 is 1.29 bits per heavy atom. The van der Waals surface area contributed by atoms with Crippen molar-refractivity contribution < 1.29 is 4.48 Å². The van der Waals surface area contributed by atoms with Crippen molar-refractivity contribution in [1.82, 2.24) is 5.32 Å². The summed E-state index contributed by atoms with van der Waals surface area (Å²) in [7, 11) is 4.31. The minimum absolute atomic E-state index is 0.448. The van der Waals surface area contributed by atoms with Gasteiger partial charge in [0.2, 0.25) is 0 Å². The Balaban J connectivity index is 2.33. The van der Waals surface area contributed by atoms with E-state index in [4.69, 9.17) is 12.2 Å². The van der Waals surface area contributed by atoms with E-state index in [1.807, 2.05) is 6.07 Å². The number of nitrogens with one attached hydrogen (secondary N) is 1. The van der Waals surface area contributed by atoms with Gasteiger partial charge in [0.05, 0.1) is 20.6 Å². The number of rotatable bonds is 1. The van der Waals surface area contributed by atoms with Crippen molar-refractivity contribution in [3.05, 3.63) is 35.9 Å². The van der Waals surface area contributed by atoms with Gasteiger partial charge in [-0.2, -0.15) is 0 Å². The molecule has 1 heterocycles. The summed E-state index contributed by atoms with van der Waals surface area (Å²) in [6, 6.07) is 11.0. The van der Waals surface area contributed by atoms with Crippen LogP contribution < -0.4 is 5.32 Å². The molecule has 0 radical (unpaired) electrons. The van der Waals surface area contributed by atoms with Gasteiger partial charge in [0, 0.05) is 17.8 Å². The highest BCUT2D eigenvalue weighted by Gasteiger charge is 2.40. The number of hydrogen-bond acceptors (Lipinski definition) is 1. The third-order valence-corrected chi connectivity index (χ3v) is 3.55. The van der Waals surface area contributed by atoms with Crippen LogP contribution in [0, 0.1) is 0 Å². The Bertz CT molecular complexity index is 346. The van der Waals surface area contributed by atoms with E-state index in [9.17, 15) is 0 Å². The molecule has 2 nitrogen and oxygen atoms in total. The number of benzene rings is 1. The molecular weight excluding hydrogens is 192 g/mol. The lowest BCUT2D eigenvalue weighted by Gasteiger charge is -2.28. The molecule has 1 aliphatic heterocycles. The van der Waals surface area contributed by atoms with E-state index >= 15 is 0 Å². The molecule has 14 heavy (non-hydrogen) atoms. The molecule has 1 N–H and O–H groups in total. The summed E-state index contributed by atoms with van der Waals surface area (Å²) in [5.41, 5.74) is 1.35. The third-order valence-electron chi connectivity index (χ3n) is 2.93. The van der Waals surface area contributed by atoms with Gasteiger partial charge in [-0.05, 0) is 0 Å². The topological polar surface area (TPSA) is 12.0 Å². The summed E-state index contributed by atoms with van der Waals surface area (Å²) < 4.78 is 0.763. The zero-order valence-electron chi connectivity index (χ0n) is 8.53. The maximum Gasteiger partial charge on any atom is 0.270 e. The monoisotopic (exact) mass is 207 g/mol. The van der Waals surface area contributed by atoms with E-state index in [0.29, 0.717) is 6.04 Å². The number of thiocarbonyl (C=S) groups is 1. The normalized spacial score (nSPS) is 24.7. The predicted octanol–water partition coefficient (Wildman–Crippen LogP) is 1.69. The van der Waals surface area contributed by atoms with Crippen LogP contribution in [0.3, 0.4) is 0 Å². The zero-order chi connectivity index (χ0) is 10.2. The fourth-order valence-corrected chi connectivity index (χ4v) is 2.13. The molecule has 74 valence electrons. The summed E-state index contributed by atoms with van der Waals surface area (Å²) in [6.07, 6.45) is 0. The second kappa shape index (κ2) is 3.33. The molecule has 0 spiro atoms. The van der Waals surface area contributed by atoms with Gasteiger partial charge in [-0.15, -0.1) is 0 Å². The van der Waals surface area contributed by atoms with Crippen molar-refractivity contribution in [2.45, 2.75) is 6.04 Å². The van der Waals surface area contributed by atoms with Crippen LogP contribution >= 0.6 is 12.2 Å². The highest BCUT2D eigenvalue weighted by atomic mass is 32.1. The third kappa shape index (κ3) is 1.42. The summed E-state index contributed by atoms with van der Waals surface area (Å²) in [5, 5.41) is 4.19. The molecule has 0 bridgehead atoms. The van der Waals surface area contributed by atoms with E-state index in [-0.39, 0.29) is 0 Å². The summed E-state index contributed by atoms with van der Waals surface area (Å²) in [6.45, 7) is 0.940. The van der Waals surface area contributed by atoms with Crippen LogP contribution in [0.1, 0.15) is 11.6 Å². The molecule has 1 saturated heterocycles. The quantitative estimate of drug-likeness (QED) is 0.555. The lowest BCUT2D eigenvalue weighted by Crippen LogP contribution is -2.43. The summed E-state index contributed by atoms with van der Waals surface area (Å²) >= 11 is 5.29. The van der Waals surface area contributed by atoms with Crippen molar-refractivity contribution in [3.8, 4) is 0 Å². The molecule has 1 aromatic rings. The smallest absolute Gasteiger partial charge is 0.270 e. The SMILES string of the molecule is C[N+]1(C)C(=S)NCC1c1ccccc1. The zero-order valence-corrected chi connectivity index (χ0v) is 9.34. The van der Waals surface area contributed by atoms with Gasteiger partial charge in [-0.25, -0.2) is 0 Å². The fraction of sp³-hybridized carbons (Fsp3) is 0.364. The second-order valence-corrected chi connectivity index (χ2v) is 4.54. The molecule has 1 aliphatic rings. The van der Waals surface area contributed by atoms with Gasteiger partial charge in [0.25, 0.3) is 5.11 Å². The van der Waals surface area contributed by atoms with Crippen LogP contribution in [-0.4, -0.2) is 30.2 Å². The first-order valence-electron chi connectivity index (χ1n) is 4.79. The minimum atomic E-state index is 0.448. The van der Waals surface area contributed by atoms with Gasteiger partial charge in [-0.3, -0.25) is 4.48 Å². The van der Waals surface area contributed by atoms with E-state index in [2.05, 4.69) is 43.7 Å². The first-order valence-corrected chi connectivity index (χ1v) is 5.20. The number of hydrogen-bond donors (Lipinski definition) is 1. The Labute approximate surface area is 90.1 Å². The van der Waals surface area contributed by atoms with Crippen LogP contribution in [-0.2, 0) is 0 Å². The lowest BCUT2D eigenvalue weighted by molar-refractivity contribution is -0.822. The number of quaternary nitrogens is 1. The van der Waals surface area contributed by atoms with Gasteiger partial charge in [0.1, 0.15) is 6.04 Å². The van der Waals surface area contributed by atoms with Crippen LogP contribution in [0.15, 0.2) is 30.3 Å². The highest BCUT2D eigenvalue weighted by Crippen LogP contribution is 2.28. The second-order valence-electron chi connectivity index (χ2n) is 4.15. The summed E-state index contributed by atoms with van der Waals surface area (Å²) in [5.74, 6) is 0. The Morgan fingerprint density at radius 2 is 1.93 bits per heavy atom. The van der Waals surface area contributed by atoms with Crippen molar-refractivity contribution >= 4 is 17.3 Å². The maximum atomic E-state index is 5.29. The lowest BCUT2D eigenvalue weighted by atomic mass is 10.1. The molecular formula is C11H15N2S+. The molecule has 0 amide bonds. The molecule has 1 unspecified atom stereocenters. The average molecular weight is 207 g/mol.